The Bertz CT molecular complexity index is 621. The van der Waals surface area contributed by atoms with Gasteiger partial charge in [-0.05, 0) is 41.5 Å². The first kappa shape index (κ1) is 13.8. The van der Waals surface area contributed by atoms with Crippen LogP contribution in [0, 0.1) is 5.82 Å². The summed E-state index contributed by atoms with van der Waals surface area (Å²) >= 11 is 0. The average Bonchev–Trinajstić information content (AvgIpc) is 2.44. The molecule has 20 heavy (non-hydrogen) atoms. The fourth-order valence-corrected chi connectivity index (χ4v) is 1.65. The van der Waals surface area contributed by atoms with Crippen LogP contribution in [0.1, 0.15) is 11.1 Å². The van der Waals surface area contributed by atoms with Gasteiger partial charge in [0.25, 0.3) is 0 Å². The van der Waals surface area contributed by atoms with Crippen LogP contribution >= 0.6 is 0 Å². The SMILES string of the molecule is NC(=O)C=Cc1ccc(OCc2cccc(F)c2)cc1. The Labute approximate surface area is 116 Å². The molecule has 1 amide bonds. The summed E-state index contributed by atoms with van der Waals surface area (Å²) in [6.45, 7) is 0.300. The number of carbonyl (C=O) groups excluding carboxylic acids is 1. The van der Waals surface area contributed by atoms with Crippen molar-refractivity contribution in [1.29, 1.82) is 0 Å². The highest BCUT2D eigenvalue weighted by atomic mass is 19.1. The molecule has 2 aromatic rings. The zero-order valence-electron chi connectivity index (χ0n) is 10.8. The first-order valence-corrected chi connectivity index (χ1v) is 6.08. The van der Waals surface area contributed by atoms with E-state index in [0.717, 1.165) is 11.1 Å². The third-order valence-electron chi connectivity index (χ3n) is 2.61. The van der Waals surface area contributed by atoms with Gasteiger partial charge in [-0.3, -0.25) is 4.79 Å². The third-order valence-corrected chi connectivity index (χ3v) is 2.61. The highest BCUT2D eigenvalue weighted by Crippen LogP contribution is 2.15. The van der Waals surface area contributed by atoms with E-state index in [1.165, 1.54) is 18.2 Å². The van der Waals surface area contributed by atoms with E-state index in [4.69, 9.17) is 10.5 Å². The molecule has 3 nitrogen and oxygen atoms in total. The van der Waals surface area contributed by atoms with Gasteiger partial charge < -0.3 is 10.5 Å². The summed E-state index contributed by atoms with van der Waals surface area (Å²) in [5.41, 5.74) is 6.63. The zero-order chi connectivity index (χ0) is 14.4. The van der Waals surface area contributed by atoms with Gasteiger partial charge in [-0.2, -0.15) is 0 Å². The Kier molecular flexibility index (Phi) is 4.50. The van der Waals surface area contributed by atoms with E-state index in [2.05, 4.69) is 0 Å². The van der Waals surface area contributed by atoms with Gasteiger partial charge >= 0.3 is 0 Å². The van der Waals surface area contributed by atoms with Crippen molar-refractivity contribution in [3.8, 4) is 5.75 Å². The van der Waals surface area contributed by atoms with Crippen LogP contribution in [0.25, 0.3) is 6.08 Å². The van der Waals surface area contributed by atoms with E-state index in [-0.39, 0.29) is 5.82 Å². The highest BCUT2D eigenvalue weighted by Gasteiger charge is 1.98. The maximum Gasteiger partial charge on any atom is 0.241 e. The fraction of sp³-hybridized carbons (Fsp3) is 0.0625. The summed E-state index contributed by atoms with van der Waals surface area (Å²) in [7, 11) is 0. The van der Waals surface area contributed by atoms with Crippen molar-refractivity contribution in [3.63, 3.8) is 0 Å². The third kappa shape index (κ3) is 4.24. The minimum absolute atomic E-state index is 0.280. The summed E-state index contributed by atoms with van der Waals surface area (Å²) in [4.78, 5) is 10.6. The van der Waals surface area contributed by atoms with Gasteiger partial charge in [-0.1, -0.05) is 24.3 Å². The molecule has 0 saturated carbocycles. The molecule has 102 valence electrons. The van der Waals surface area contributed by atoms with Gasteiger partial charge in [-0.25, -0.2) is 4.39 Å². The molecule has 0 aliphatic carbocycles. The first-order valence-electron chi connectivity index (χ1n) is 6.08. The van der Waals surface area contributed by atoms with Crippen LogP contribution < -0.4 is 10.5 Å². The monoisotopic (exact) mass is 271 g/mol. The largest absolute Gasteiger partial charge is 0.489 e. The zero-order valence-corrected chi connectivity index (χ0v) is 10.8. The van der Waals surface area contributed by atoms with E-state index < -0.39 is 5.91 Å². The van der Waals surface area contributed by atoms with Crippen molar-refractivity contribution in [3.05, 3.63) is 71.6 Å². The molecule has 0 aliphatic heterocycles. The molecule has 2 aromatic carbocycles. The maximum atomic E-state index is 13.0. The molecule has 0 spiro atoms. The minimum atomic E-state index is -0.489. The lowest BCUT2D eigenvalue weighted by molar-refractivity contribution is -0.113. The Morgan fingerprint density at radius 1 is 1.20 bits per heavy atom. The van der Waals surface area contributed by atoms with Crippen LogP contribution in [0.15, 0.2) is 54.6 Å². The van der Waals surface area contributed by atoms with Crippen LogP contribution in [0.3, 0.4) is 0 Å². The number of hydrogen-bond acceptors (Lipinski definition) is 2. The van der Waals surface area contributed by atoms with Gasteiger partial charge in [0, 0.05) is 6.08 Å². The number of rotatable bonds is 5. The number of benzene rings is 2. The lowest BCUT2D eigenvalue weighted by Crippen LogP contribution is -2.05. The number of hydrogen-bond donors (Lipinski definition) is 1. The minimum Gasteiger partial charge on any atom is -0.489 e. The Morgan fingerprint density at radius 2 is 1.95 bits per heavy atom. The highest BCUT2D eigenvalue weighted by molar-refractivity contribution is 5.90. The number of ether oxygens (including phenoxy) is 1. The smallest absolute Gasteiger partial charge is 0.241 e. The van der Waals surface area contributed by atoms with Crippen LogP contribution in [-0.4, -0.2) is 5.91 Å². The fourth-order valence-electron chi connectivity index (χ4n) is 1.65. The molecule has 0 saturated heterocycles. The molecular weight excluding hydrogens is 257 g/mol. The lowest BCUT2D eigenvalue weighted by Gasteiger charge is -2.06. The van der Waals surface area contributed by atoms with Crippen molar-refractivity contribution >= 4 is 12.0 Å². The van der Waals surface area contributed by atoms with Crippen molar-refractivity contribution in [2.45, 2.75) is 6.61 Å². The summed E-state index contributed by atoms with van der Waals surface area (Å²) in [6.07, 6.45) is 2.92. The summed E-state index contributed by atoms with van der Waals surface area (Å²) in [6, 6.07) is 13.4. The van der Waals surface area contributed by atoms with Crippen LogP contribution in [0.4, 0.5) is 4.39 Å². The molecule has 0 aliphatic rings. The predicted octanol–water partition coefficient (Wildman–Crippen LogP) is 2.90. The van der Waals surface area contributed by atoms with Gasteiger partial charge in [0.15, 0.2) is 0 Å². The first-order chi connectivity index (χ1) is 9.63. The Morgan fingerprint density at radius 3 is 2.60 bits per heavy atom. The second-order valence-electron chi connectivity index (χ2n) is 4.22. The van der Waals surface area contributed by atoms with Crippen molar-refractivity contribution in [2.75, 3.05) is 0 Å². The van der Waals surface area contributed by atoms with E-state index >= 15 is 0 Å². The standard InChI is InChI=1S/C16H14FNO2/c17-14-3-1-2-13(10-14)11-20-15-7-4-12(5-8-15)6-9-16(18)19/h1-10H,11H2,(H2,18,19). The van der Waals surface area contributed by atoms with E-state index in [0.29, 0.717) is 12.4 Å². The molecule has 2 rings (SSSR count). The number of amides is 1. The van der Waals surface area contributed by atoms with Crippen LogP contribution in [-0.2, 0) is 11.4 Å². The molecule has 0 unspecified atom stereocenters. The molecule has 0 radical (unpaired) electrons. The normalized spacial score (nSPS) is 10.7. The second kappa shape index (κ2) is 6.52. The molecular formula is C16H14FNO2. The van der Waals surface area contributed by atoms with Crippen molar-refractivity contribution in [2.24, 2.45) is 5.73 Å². The predicted molar refractivity (Wildman–Crippen MR) is 75.4 cm³/mol. The molecule has 0 bridgehead atoms. The quantitative estimate of drug-likeness (QED) is 0.850. The van der Waals surface area contributed by atoms with E-state index in [9.17, 15) is 9.18 Å². The van der Waals surface area contributed by atoms with E-state index in [1.54, 1.807) is 42.5 Å². The Balaban J connectivity index is 1.95. The van der Waals surface area contributed by atoms with Crippen molar-refractivity contribution < 1.29 is 13.9 Å². The maximum absolute atomic E-state index is 13.0. The average molecular weight is 271 g/mol. The Hall–Kier alpha value is -2.62. The second-order valence-corrected chi connectivity index (χ2v) is 4.22. The number of primary amides is 1. The van der Waals surface area contributed by atoms with Gasteiger partial charge in [0.05, 0.1) is 0 Å². The molecule has 4 heteroatoms. The molecule has 0 aromatic heterocycles. The van der Waals surface area contributed by atoms with Gasteiger partial charge in [0.1, 0.15) is 18.2 Å². The van der Waals surface area contributed by atoms with Crippen LogP contribution in [0.2, 0.25) is 0 Å². The lowest BCUT2D eigenvalue weighted by atomic mass is 10.2. The number of carbonyl (C=O) groups is 1. The number of nitrogens with two attached hydrogens (primary N) is 1. The van der Waals surface area contributed by atoms with Crippen molar-refractivity contribution in [1.82, 2.24) is 0 Å². The van der Waals surface area contributed by atoms with Gasteiger partial charge in [-0.15, -0.1) is 0 Å². The molecule has 0 fully saturated rings. The summed E-state index contributed by atoms with van der Waals surface area (Å²) in [5.74, 6) is -0.0973. The summed E-state index contributed by atoms with van der Waals surface area (Å²) in [5, 5.41) is 0. The topological polar surface area (TPSA) is 52.3 Å². The van der Waals surface area contributed by atoms with Gasteiger partial charge in [0.2, 0.25) is 5.91 Å². The molecule has 0 heterocycles. The summed E-state index contributed by atoms with van der Waals surface area (Å²) < 4.78 is 18.5. The van der Waals surface area contributed by atoms with Crippen LogP contribution in [0.5, 0.6) is 5.75 Å². The molecule has 0 atom stereocenters. The van der Waals surface area contributed by atoms with E-state index in [1.807, 2.05) is 0 Å². The molecule has 2 N–H and O–H groups in total. The number of halogens is 1.